The number of carbonyl (C=O) groups excluding carboxylic acids is 1. The number of hydrogen-bond acceptors (Lipinski definition) is 3. The summed E-state index contributed by atoms with van der Waals surface area (Å²) < 4.78 is 5.14. The Balaban J connectivity index is 0.00000144. The van der Waals surface area contributed by atoms with E-state index < -0.39 is 0 Å². The Morgan fingerprint density at radius 1 is 1.41 bits per heavy atom. The first kappa shape index (κ1) is 14.7. The van der Waals surface area contributed by atoms with Gasteiger partial charge in [0.15, 0.2) is 0 Å². The van der Waals surface area contributed by atoms with Crippen molar-refractivity contribution in [1.82, 2.24) is 4.90 Å². The van der Waals surface area contributed by atoms with Gasteiger partial charge in [0.1, 0.15) is 0 Å². The van der Waals surface area contributed by atoms with E-state index >= 15 is 0 Å². The maximum Gasteiger partial charge on any atom is 0.225 e. The third kappa shape index (κ3) is 3.57. The lowest BCUT2D eigenvalue weighted by molar-refractivity contribution is -0.134. The number of ether oxygens (including phenoxy) is 1. The predicted molar refractivity (Wildman–Crippen MR) is 69.1 cm³/mol. The topological polar surface area (TPSA) is 55.6 Å². The fourth-order valence-corrected chi connectivity index (χ4v) is 2.90. The van der Waals surface area contributed by atoms with Crippen molar-refractivity contribution in [1.29, 1.82) is 0 Å². The first-order valence-corrected chi connectivity index (χ1v) is 6.24. The number of hydrogen-bond donors (Lipinski definition) is 1. The Bertz CT molecular complexity index is 263. The van der Waals surface area contributed by atoms with Gasteiger partial charge in [-0.1, -0.05) is 0 Å². The second-order valence-electron chi connectivity index (χ2n) is 5.16. The molecule has 0 bridgehead atoms. The second-order valence-corrected chi connectivity index (χ2v) is 5.16. The first-order chi connectivity index (χ1) is 7.70. The van der Waals surface area contributed by atoms with Crippen molar-refractivity contribution < 1.29 is 9.53 Å². The molecule has 0 aromatic rings. The summed E-state index contributed by atoms with van der Waals surface area (Å²) in [7, 11) is 1.72. The van der Waals surface area contributed by atoms with Crippen LogP contribution in [0.3, 0.4) is 0 Å². The van der Waals surface area contributed by atoms with E-state index in [0.29, 0.717) is 11.8 Å². The van der Waals surface area contributed by atoms with E-state index in [2.05, 4.69) is 0 Å². The predicted octanol–water partition coefficient (Wildman–Crippen LogP) is 1.03. The van der Waals surface area contributed by atoms with Gasteiger partial charge in [0.25, 0.3) is 0 Å². The molecule has 1 amide bonds. The van der Waals surface area contributed by atoms with Crippen LogP contribution in [0.5, 0.6) is 0 Å². The molecule has 0 radical (unpaired) electrons. The maximum absolute atomic E-state index is 12.2. The lowest BCUT2D eigenvalue weighted by Gasteiger charge is -2.20. The van der Waals surface area contributed by atoms with E-state index in [1.807, 2.05) is 4.90 Å². The van der Waals surface area contributed by atoms with Crippen molar-refractivity contribution >= 4 is 18.3 Å². The molecule has 1 saturated carbocycles. The Labute approximate surface area is 109 Å². The van der Waals surface area contributed by atoms with Gasteiger partial charge >= 0.3 is 0 Å². The molecular formula is C12H23ClN2O2. The average Bonchev–Trinajstić information content (AvgIpc) is 2.87. The number of halogens is 1. The minimum absolute atomic E-state index is 0. The first-order valence-electron chi connectivity index (χ1n) is 6.24. The number of nitrogens with zero attached hydrogens (tertiary/aromatic N) is 1. The minimum atomic E-state index is 0. The number of nitrogens with two attached hydrogens (primary N) is 1. The highest BCUT2D eigenvalue weighted by Crippen LogP contribution is 2.28. The van der Waals surface area contributed by atoms with Crippen LogP contribution < -0.4 is 5.73 Å². The summed E-state index contributed by atoms with van der Waals surface area (Å²) >= 11 is 0. The zero-order valence-corrected chi connectivity index (χ0v) is 11.2. The van der Waals surface area contributed by atoms with Crippen LogP contribution in [0.4, 0.5) is 0 Å². The zero-order chi connectivity index (χ0) is 11.5. The quantitative estimate of drug-likeness (QED) is 0.827. The molecule has 0 aromatic carbocycles. The molecule has 0 aromatic heterocycles. The van der Waals surface area contributed by atoms with Crippen LogP contribution in [0.15, 0.2) is 0 Å². The number of methoxy groups -OCH3 is 1. The fraction of sp³-hybridized carbons (Fsp3) is 0.917. The average molecular weight is 263 g/mol. The molecule has 1 aliphatic heterocycles. The van der Waals surface area contributed by atoms with Crippen LogP contribution >= 0.6 is 12.4 Å². The van der Waals surface area contributed by atoms with E-state index in [1.165, 1.54) is 0 Å². The molecule has 4 nitrogen and oxygen atoms in total. The number of carbonyl (C=O) groups is 1. The highest BCUT2D eigenvalue weighted by atomic mass is 35.5. The molecule has 1 aliphatic carbocycles. The third-order valence-corrected chi connectivity index (χ3v) is 3.82. The van der Waals surface area contributed by atoms with Crippen LogP contribution in [0, 0.1) is 11.8 Å². The number of rotatable bonds is 3. The molecule has 100 valence electrons. The lowest BCUT2D eigenvalue weighted by atomic mass is 10.1. The summed E-state index contributed by atoms with van der Waals surface area (Å²) in [4.78, 5) is 14.2. The fourth-order valence-electron chi connectivity index (χ4n) is 2.90. The van der Waals surface area contributed by atoms with Gasteiger partial charge < -0.3 is 15.4 Å². The van der Waals surface area contributed by atoms with Crippen molar-refractivity contribution in [2.45, 2.75) is 31.7 Å². The van der Waals surface area contributed by atoms with E-state index in [0.717, 1.165) is 45.4 Å². The molecule has 1 saturated heterocycles. The summed E-state index contributed by atoms with van der Waals surface area (Å²) in [6, 6.07) is 0.242. The van der Waals surface area contributed by atoms with Gasteiger partial charge in [-0.15, -0.1) is 12.4 Å². The molecule has 3 unspecified atom stereocenters. The molecule has 0 spiro atoms. The maximum atomic E-state index is 12.2. The Morgan fingerprint density at radius 3 is 2.76 bits per heavy atom. The third-order valence-electron chi connectivity index (χ3n) is 3.82. The van der Waals surface area contributed by atoms with Crippen LogP contribution in [-0.4, -0.2) is 43.7 Å². The Hall–Kier alpha value is -0.320. The van der Waals surface area contributed by atoms with Crippen molar-refractivity contribution in [2.75, 3.05) is 26.8 Å². The van der Waals surface area contributed by atoms with E-state index in [1.54, 1.807) is 7.11 Å². The summed E-state index contributed by atoms with van der Waals surface area (Å²) in [6.45, 7) is 2.55. The summed E-state index contributed by atoms with van der Waals surface area (Å²) in [5, 5.41) is 0. The monoisotopic (exact) mass is 262 g/mol. The smallest absolute Gasteiger partial charge is 0.225 e. The van der Waals surface area contributed by atoms with Gasteiger partial charge in [0.05, 0.1) is 6.61 Å². The Kier molecular flexibility index (Phi) is 5.70. The van der Waals surface area contributed by atoms with Gasteiger partial charge in [0.2, 0.25) is 5.91 Å². The van der Waals surface area contributed by atoms with E-state index in [9.17, 15) is 4.79 Å². The molecule has 2 aliphatic rings. The number of likely N-dealkylation sites (tertiary alicyclic amines) is 1. The molecular weight excluding hydrogens is 240 g/mol. The Morgan fingerprint density at radius 2 is 2.18 bits per heavy atom. The van der Waals surface area contributed by atoms with Crippen molar-refractivity contribution in [3.8, 4) is 0 Å². The molecule has 17 heavy (non-hydrogen) atoms. The summed E-state index contributed by atoms with van der Waals surface area (Å²) in [6.07, 6.45) is 3.94. The van der Waals surface area contributed by atoms with Crippen molar-refractivity contribution in [3.63, 3.8) is 0 Å². The van der Waals surface area contributed by atoms with E-state index in [-0.39, 0.29) is 24.4 Å². The standard InChI is InChI=1S/C12H22N2O2.ClH/c1-16-8-9-4-5-14(7-9)12(15)10-2-3-11(13)6-10;/h9-11H,2-8,13H2,1H3;1H. The summed E-state index contributed by atoms with van der Waals surface area (Å²) in [5.74, 6) is 1.05. The van der Waals surface area contributed by atoms with Gasteiger partial charge in [0, 0.05) is 38.1 Å². The lowest BCUT2D eigenvalue weighted by Crippen LogP contribution is -2.34. The number of amides is 1. The normalized spacial score (nSPS) is 32.6. The SMILES string of the molecule is COCC1CCN(C(=O)C2CCC(N)C2)C1.Cl. The zero-order valence-electron chi connectivity index (χ0n) is 10.4. The molecule has 5 heteroatoms. The molecule has 1 heterocycles. The van der Waals surface area contributed by atoms with Gasteiger partial charge in [-0.25, -0.2) is 0 Å². The molecule has 2 rings (SSSR count). The largest absolute Gasteiger partial charge is 0.384 e. The molecule has 2 fully saturated rings. The van der Waals surface area contributed by atoms with Crippen molar-refractivity contribution in [3.05, 3.63) is 0 Å². The van der Waals surface area contributed by atoms with Crippen LogP contribution in [0.25, 0.3) is 0 Å². The second kappa shape index (κ2) is 6.57. The van der Waals surface area contributed by atoms with Gasteiger partial charge in [-0.05, 0) is 25.7 Å². The van der Waals surface area contributed by atoms with E-state index in [4.69, 9.17) is 10.5 Å². The molecule has 3 atom stereocenters. The molecule has 2 N–H and O–H groups in total. The van der Waals surface area contributed by atoms with Crippen molar-refractivity contribution in [2.24, 2.45) is 17.6 Å². The van der Waals surface area contributed by atoms with Gasteiger partial charge in [-0.2, -0.15) is 0 Å². The van der Waals surface area contributed by atoms with Crippen LogP contribution in [0.2, 0.25) is 0 Å². The highest BCUT2D eigenvalue weighted by molar-refractivity contribution is 5.85. The van der Waals surface area contributed by atoms with Crippen LogP contribution in [-0.2, 0) is 9.53 Å². The minimum Gasteiger partial charge on any atom is -0.384 e. The van der Waals surface area contributed by atoms with Crippen LogP contribution in [0.1, 0.15) is 25.7 Å². The summed E-state index contributed by atoms with van der Waals surface area (Å²) in [5.41, 5.74) is 5.85. The highest BCUT2D eigenvalue weighted by Gasteiger charge is 2.34. The van der Waals surface area contributed by atoms with Gasteiger partial charge in [-0.3, -0.25) is 4.79 Å².